The van der Waals surface area contributed by atoms with Crippen molar-refractivity contribution in [1.29, 1.82) is 0 Å². The molecular formula is C24H21NO6. The summed E-state index contributed by atoms with van der Waals surface area (Å²) in [5, 5.41) is 21.2. The Labute approximate surface area is 178 Å². The molecule has 5 rings (SSSR count). The van der Waals surface area contributed by atoms with Crippen molar-refractivity contribution in [3.05, 3.63) is 63.8 Å². The molecule has 7 nitrogen and oxygen atoms in total. The fraction of sp³-hybridized carbons (Fsp3) is 0.292. The zero-order valence-electron chi connectivity index (χ0n) is 17.3. The smallest absolute Gasteiger partial charge is 0.331 e. The summed E-state index contributed by atoms with van der Waals surface area (Å²) in [4.78, 5) is 41.7. The minimum atomic E-state index is -0.935. The van der Waals surface area contributed by atoms with Gasteiger partial charge in [0.15, 0.2) is 5.78 Å². The first-order chi connectivity index (χ1) is 14.8. The van der Waals surface area contributed by atoms with Gasteiger partial charge >= 0.3 is 5.97 Å². The van der Waals surface area contributed by atoms with Crippen LogP contribution >= 0.6 is 0 Å². The van der Waals surface area contributed by atoms with Gasteiger partial charge in [0.25, 0.3) is 0 Å². The van der Waals surface area contributed by atoms with Gasteiger partial charge in [-0.2, -0.15) is 0 Å². The second-order valence-electron chi connectivity index (χ2n) is 8.36. The highest BCUT2D eigenvalue weighted by Gasteiger charge is 2.54. The van der Waals surface area contributed by atoms with E-state index in [1.54, 1.807) is 17.9 Å². The van der Waals surface area contributed by atoms with E-state index >= 15 is 0 Å². The maximum atomic E-state index is 13.7. The van der Waals surface area contributed by atoms with Crippen LogP contribution < -0.4 is 0 Å². The minimum absolute atomic E-state index is 0.00759. The van der Waals surface area contributed by atoms with Crippen molar-refractivity contribution in [2.24, 2.45) is 5.92 Å². The number of aromatic hydroxyl groups is 2. The number of hydrogen-bond donors (Lipinski definition) is 2. The molecule has 0 bridgehead atoms. The number of aryl methyl sites for hydroxylation is 1. The molecule has 2 aromatic rings. The quantitative estimate of drug-likeness (QED) is 0.718. The van der Waals surface area contributed by atoms with Crippen LogP contribution in [-0.2, 0) is 9.53 Å². The highest BCUT2D eigenvalue weighted by Crippen LogP contribution is 2.52. The standard InChI is InChI=1S/C24H21NO6/c1-4-11(3)19-24(30)31-23-13-8-10(2)9-15(27)16(13)18-20(25(19)23)22(29)17-12(21(18)28)6-5-7-14(17)26/h5-9,11,19,23,26-27H,4H2,1-3H3/t11-,19+,23+/m1/s1. The minimum Gasteiger partial charge on any atom is -0.507 e. The Kier molecular flexibility index (Phi) is 4.02. The van der Waals surface area contributed by atoms with Gasteiger partial charge in [0.1, 0.15) is 23.2 Å². The van der Waals surface area contributed by atoms with Crippen LogP contribution in [0.5, 0.6) is 11.5 Å². The number of Topliss-reactive ketones (excluding diaryl/α,β-unsaturated/α-hetero) is 2. The summed E-state index contributed by atoms with van der Waals surface area (Å²) >= 11 is 0. The average Bonchev–Trinajstić information content (AvgIpc) is 3.07. The summed E-state index contributed by atoms with van der Waals surface area (Å²) < 4.78 is 5.70. The molecule has 7 heteroatoms. The molecule has 0 saturated carbocycles. The van der Waals surface area contributed by atoms with Crippen molar-refractivity contribution in [3.63, 3.8) is 0 Å². The lowest BCUT2D eigenvalue weighted by Crippen LogP contribution is -2.45. The number of allylic oxidation sites excluding steroid dienone is 2. The van der Waals surface area contributed by atoms with Gasteiger partial charge in [-0.3, -0.25) is 9.59 Å². The van der Waals surface area contributed by atoms with Gasteiger partial charge in [0.05, 0.1) is 11.1 Å². The van der Waals surface area contributed by atoms with Gasteiger partial charge in [-0.25, -0.2) is 4.79 Å². The number of ketones is 2. The molecule has 0 aromatic heterocycles. The van der Waals surface area contributed by atoms with Crippen LogP contribution in [0.1, 0.15) is 63.9 Å². The molecule has 158 valence electrons. The number of phenols is 2. The van der Waals surface area contributed by atoms with Crippen LogP contribution in [0.2, 0.25) is 0 Å². The van der Waals surface area contributed by atoms with E-state index in [0.717, 1.165) is 5.56 Å². The van der Waals surface area contributed by atoms with Crippen molar-refractivity contribution < 1.29 is 29.3 Å². The molecule has 0 radical (unpaired) electrons. The Bertz CT molecular complexity index is 1230. The van der Waals surface area contributed by atoms with Gasteiger partial charge in [-0.05, 0) is 36.6 Å². The van der Waals surface area contributed by atoms with Crippen molar-refractivity contribution in [1.82, 2.24) is 4.90 Å². The average molecular weight is 419 g/mol. The highest BCUT2D eigenvalue weighted by atomic mass is 16.6. The lowest BCUT2D eigenvalue weighted by atomic mass is 9.77. The van der Waals surface area contributed by atoms with E-state index < -0.39 is 29.8 Å². The summed E-state index contributed by atoms with van der Waals surface area (Å²) in [5.74, 6) is -2.14. The normalized spacial score (nSPS) is 22.5. The Morgan fingerprint density at radius 1 is 1.06 bits per heavy atom. The first-order valence-corrected chi connectivity index (χ1v) is 10.2. The Balaban J connectivity index is 1.87. The Morgan fingerprint density at radius 3 is 2.52 bits per heavy atom. The number of rotatable bonds is 2. The zero-order chi connectivity index (χ0) is 22.2. The van der Waals surface area contributed by atoms with Crippen molar-refractivity contribution in [3.8, 4) is 11.5 Å². The van der Waals surface area contributed by atoms with E-state index in [2.05, 4.69) is 0 Å². The van der Waals surface area contributed by atoms with Crippen molar-refractivity contribution in [2.45, 2.75) is 39.5 Å². The molecule has 0 spiro atoms. The number of fused-ring (bicyclic) bond motifs is 6. The summed E-state index contributed by atoms with van der Waals surface area (Å²) in [6, 6.07) is 6.84. The molecule has 2 heterocycles. The lowest BCUT2D eigenvalue weighted by Gasteiger charge is -2.39. The molecule has 3 aliphatic rings. The summed E-state index contributed by atoms with van der Waals surface area (Å²) in [7, 11) is 0. The SMILES string of the molecule is CC[C@@H](C)[C@H]1C(=O)O[C@H]2c3cc(C)cc(O)c3C3=C(C(=O)c4c(O)cccc4C3=O)N12. The summed E-state index contributed by atoms with van der Waals surface area (Å²) in [6.45, 7) is 5.61. The molecular weight excluding hydrogens is 398 g/mol. The lowest BCUT2D eigenvalue weighted by molar-refractivity contribution is -0.143. The molecule has 1 saturated heterocycles. The number of carbonyl (C=O) groups excluding carboxylic acids is 3. The summed E-state index contributed by atoms with van der Waals surface area (Å²) in [6.07, 6.45) is -0.281. The molecule has 2 N–H and O–H groups in total. The second-order valence-corrected chi connectivity index (χ2v) is 8.36. The third-order valence-electron chi connectivity index (χ3n) is 6.46. The van der Waals surface area contributed by atoms with Crippen LogP contribution in [-0.4, -0.2) is 38.7 Å². The molecule has 0 amide bonds. The van der Waals surface area contributed by atoms with Gasteiger partial charge in [0, 0.05) is 16.7 Å². The van der Waals surface area contributed by atoms with E-state index in [4.69, 9.17) is 4.74 Å². The Morgan fingerprint density at radius 2 is 1.81 bits per heavy atom. The van der Waals surface area contributed by atoms with E-state index in [9.17, 15) is 24.6 Å². The third kappa shape index (κ3) is 2.43. The van der Waals surface area contributed by atoms with Crippen LogP contribution in [0.4, 0.5) is 0 Å². The second kappa shape index (κ2) is 6.44. The number of ether oxygens (including phenoxy) is 1. The third-order valence-corrected chi connectivity index (χ3v) is 6.46. The number of phenolic OH excluding ortho intramolecular Hbond substituents is 2. The topological polar surface area (TPSA) is 104 Å². The van der Waals surface area contributed by atoms with Gasteiger partial charge in [-0.15, -0.1) is 0 Å². The van der Waals surface area contributed by atoms with E-state index in [1.165, 1.54) is 24.3 Å². The maximum absolute atomic E-state index is 13.7. The largest absolute Gasteiger partial charge is 0.507 e. The molecule has 1 fully saturated rings. The molecule has 2 aliphatic heterocycles. The molecule has 2 aromatic carbocycles. The molecule has 0 unspecified atom stereocenters. The fourth-order valence-electron chi connectivity index (χ4n) is 4.88. The van der Waals surface area contributed by atoms with Crippen molar-refractivity contribution >= 4 is 23.1 Å². The number of benzene rings is 2. The monoisotopic (exact) mass is 419 g/mol. The molecule has 3 atom stereocenters. The highest BCUT2D eigenvalue weighted by molar-refractivity contribution is 6.41. The first-order valence-electron chi connectivity index (χ1n) is 10.2. The number of nitrogens with zero attached hydrogens (tertiary/aromatic N) is 1. The van der Waals surface area contributed by atoms with E-state index in [0.29, 0.717) is 12.0 Å². The first kappa shape index (κ1) is 19.4. The van der Waals surface area contributed by atoms with Crippen LogP contribution in [0.25, 0.3) is 5.57 Å². The maximum Gasteiger partial charge on any atom is 0.331 e. The van der Waals surface area contributed by atoms with Gasteiger partial charge in [-0.1, -0.05) is 32.4 Å². The van der Waals surface area contributed by atoms with Crippen molar-refractivity contribution in [2.75, 3.05) is 0 Å². The van der Waals surface area contributed by atoms with Crippen LogP contribution in [0.15, 0.2) is 36.0 Å². The van der Waals surface area contributed by atoms with Crippen LogP contribution in [0.3, 0.4) is 0 Å². The Hall–Kier alpha value is -3.61. The number of esters is 1. The zero-order valence-corrected chi connectivity index (χ0v) is 17.3. The predicted molar refractivity (Wildman–Crippen MR) is 110 cm³/mol. The fourth-order valence-corrected chi connectivity index (χ4v) is 4.88. The predicted octanol–water partition coefficient (Wildman–Crippen LogP) is 3.48. The van der Waals surface area contributed by atoms with Gasteiger partial charge < -0.3 is 19.8 Å². The van der Waals surface area contributed by atoms with Gasteiger partial charge in [0.2, 0.25) is 12.0 Å². The van der Waals surface area contributed by atoms with E-state index in [-0.39, 0.29) is 45.4 Å². The summed E-state index contributed by atoms with van der Waals surface area (Å²) in [5.41, 5.74) is 1.41. The molecule has 31 heavy (non-hydrogen) atoms. The van der Waals surface area contributed by atoms with Crippen LogP contribution in [0, 0.1) is 12.8 Å². The van der Waals surface area contributed by atoms with E-state index in [1.807, 2.05) is 13.8 Å². The number of carbonyl (C=O) groups is 3. The molecule has 1 aliphatic carbocycles. The number of hydrogen-bond acceptors (Lipinski definition) is 7.